The predicted molar refractivity (Wildman–Crippen MR) is 39.9 cm³/mol. The van der Waals surface area contributed by atoms with E-state index in [1.165, 1.54) is 7.11 Å². The first-order valence-corrected chi connectivity index (χ1v) is 3.72. The molecule has 2 radical (unpaired) electrons. The first-order valence-electron chi connectivity index (χ1n) is 3.72. The summed E-state index contributed by atoms with van der Waals surface area (Å²) in [7, 11) is 7.15. The summed E-state index contributed by atoms with van der Waals surface area (Å²) in [6.07, 6.45) is 3.65. The first kappa shape index (κ1) is 8.09. The zero-order valence-electron chi connectivity index (χ0n) is 6.34. The van der Waals surface area contributed by atoms with E-state index in [0.717, 1.165) is 19.3 Å². The van der Waals surface area contributed by atoms with Crippen LogP contribution in [0.5, 0.6) is 0 Å². The van der Waals surface area contributed by atoms with Crippen LogP contribution in [0.2, 0.25) is 5.82 Å². The van der Waals surface area contributed by atoms with Gasteiger partial charge >= 0.3 is 0 Å². The van der Waals surface area contributed by atoms with Crippen molar-refractivity contribution in [2.45, 2.75) is 37.3 Å². The smallest absolute Gasteiger partial charge is 0.160 e. The van der Waals surface area contributed by atoms with E-state index in [1.807, 2.05) is 0 Å². The van der Waals surface area contributed by atoms with Gasteiger partial charge in [-0.15, -0.1) is 0 Å². The van der Waals surface area contributed by atoms with Crippen LogP contribution in [0.25, 0.3) is 0 Å². The van der Waals surface area contributed by atoms with Crippen molar-refractivity contribution < 1.29 is 9.84 Å². The van der Waals surface area contributed by atoms with Crippen LogP contribution < -0.4 is 0 Å². The molecule has 0 aromatic carbocycles. The maximum Gasteiger partial charge on any atom is 0.160 e. The van der Waals surface area contributed by atoms with Crippen LogP contribution in [0.3, 0.4) is 0 Å². The lowest BCUT2D eigenvalue weighted by Crippen LogP contribution is -2.38. The molecule has 0 amide bonds. The summed E-state index contributed by atoms with van der Waals surface area (Å²) in [4.78, 5) is 0. The van der Waals surface area contributed by atoms with Crippen LogP contribution >= 0.6 is 0 Å². The molecule has 1 rings (SSSR count). The van der Waals surface area contributed by atoms with Gasteiger partial charge in [0.1, 0.15) is 0 Å². The SMILES string of the molecule is [B]C1CCCCC1(O)OC. The molecule has 2 nitrogen and oxygen atoms in total. The van der Waals surface area contributed by atoms with Crippen LogP contribution in [0.4, 0.5) is 0 Å². The molecule has 0 aliphatic heterocycles. The Morgan fingerprint density at radius 1 is 1.60 bits per heavy atom. The fourth-order valence-corrected chi connectivity index (χ4v) is 1.41. The van der Waals surface area contributed by atoms with Crippen molar-refractivity contribution >= 4 is 7.85 Å². The molecule has 1 aliphatic carbocycles. The molecule has 1 saturated carbocycles. The van der Waals surface area contributed by atoms with Gasteiger partial charge < -0.3 is 9.84 Å². The molecule has 56 valence electrons. The number of methoxy groups -OCH3 is 1. The van der Waals surface area contributed by atoms with Crippen molar-refractivity contribution in [3.8, 4) is 0 Å². The standard InChI is InChI=1S/C7H13BO2/c1-10-7(9)5-3-2-4-6(7)8/h6,9H,2-5H2,1H3. The molecule has 0 aromatic rings. The Morgan fingerprint density at radius 2 is 2.30 bits per heavy atom. The molecule has 1 N–H and O–H groups in total. The molecule has 0 aromatic heterocycles. The van der Waals surface area contributed by atoms with Gasteiger partial charge in [-0.25, -0.2) is 0 Å². The molecule has 0 saturated heterocycles. The first-order chi connectivity index (χ1) is 4.69. The average Bonchev–Trinajstić information content (AvgIpc) is 1.96. The van der Waals surface area contributed by atoms with Crippen LogP contribution in [0.15, 0.2) is 0 Å². The van der Waals surface area contributed by atoms with E-state index in [4.69, 9.17) is 12.6 Å². The maximum atomic E-state index is 9.60. The minimum atomic E-state index is -1.04. The molecule has 10 heavy (non-hydrogen) atoms. The van der Waals surface area contributed by atoms with Gasteiger partial charge in [0.2, 0.25) is 0 Å². The van der Waals surface area contributed by atoms with Gasteiger partial charge in [0.05, 0.1) is 7.85 Å². The van der Waals surface area contributed by atoms with E-state index < -0.39 is 5.79 Å². The van der Waals surface area contributed by atoms with Gasteiger partial charge in [-0.2, -0.15) is 0 Å². The van der Waals surface area contributed by atoms with Crippen molar-refractivity contribution in [2.24, 2.45) is 0 Å². The van der Waals surface area contributed by atoms with E-state index in [2.05, 4.69) is 0 Å². The minimum Gasteiger partial charge on any atom is -0.366 e. The van der Waals surface area contributed by atoms with Crippen molar-refractivity contribution in [1.82, 2.24) is 0 Å². The third-order valence-electron chi connectivity index (χ3n) is 2.23. The quantitative estimate of drug-likeness (QED) is 0.432. The fourth-order valence-electron chi connectivity index (χ4n) is 1.41. The van der Waals surface area contributed by atoms with Gasteiger partial charge in [-0.05, 0) is 12.2 Å². The molecule has 3 heteroatoms. The summed E-state index contributed by atoms with van der Waals surface area (Å²) in [5, 5.41) is 9.60. The Balaban J connectivity index is 2.54. The van der Waals surface area contributed by atoms with Crippen molar-refractivity contribution in [3.05, 3.63) is 0 Å². The molecule has 2 atom stereocenters. The van der Waals surface area contributed by atoms with Crippen LogP contribution in [-0.4, -0.2) is 25.8 Å². The van der Waals surface area contributed by atoms with E-state index >= 15 is 0 Å². The Bertz CT molecular complexity index is 118. The van der Waals surface area contributed by atoms with Gasteiger partial charge in [-0.1, -0.05) is 12.8 Å². The number of aliphatic hydroxyl groups is 1. The molecule has 0 spiro atoms. The minimum absolute atomic E-state index is 0.203. The second-order valence-corrected chi connectivity index (χ2v) is 2.90. The zero-order valence-corrected chi connectivity index (χ0v) is 6.34. The Labute approximate surface area is 63.0 Å². The fraction of sp³-hybridized carbons (Fsp3) is 1.00. The Morgan fingerprint density at radius 3 is 2.70 bits per heavy atom. The normalized spacial score (nSPS) is 41.6. The van der Waals surface area contributed by atoms with Gasteiger partial charge in [-0.3, -0.25) is 0 Å². The van der Waals surface area contributed by atoms with Crippen LogP contribution in [-0.2, 0) is 4.74 Å². The molecule has 0 bridgehead atoms. The largest absolute Gasteiger partial charge is 0.366 e. The highest BCUT2D eigenvalue weighted by Crippen LogP contribution is 2.36. The molecule has 1 fully saturated rings. The summed E-state index contributed by atoms with van der Waals surface area (Å²) < 4.78 is 4.92. The zero-order chi connectivity index (χ0) is 7.61. The van der Waals surface area contributed by atoms with E-state index in [1.54, 1.807) is 0 Å². The van der Waals surface area contributed by atoms with Crippen LogP contribution in [0.1, 0.15) is 25.7 Å². The lowest BCUT2D eigenvalue weighted by atomic mass is 9.71. The number of ether oxygens (including phenoxy) is 1. The molecular weight excluding hydrogens is 127 g/mol. The molecule has 0 heterocycles. The second-order valence-electron chi connectivity index (χ2n) is 2.90. The Hall–Kier alpha value is -0.0151. The van der Waals surface area contributed by atoms with Crippen LogP contribution in [0, 0.1) is 0 Å². The predicted octanol–water partition coefficient (Wildman–Crippen LogP) is 0.852. The second kappa shape index (κ2) is 2.93. The van der Waals surface area contributed by atoms with Gasteiger partial charge in [0.15, 0.2) is 5.79 Å². The summed E-state index contributed by atoms with van der Waals surface area (Å²) >= 11 is 0. The topological polar surface area (TPSA) is 29.5 Å². The number of rotatable bonds is 1. The third kappa shape index (κ3) is 1.35. The van der Waals surface area contributed by atoms with E-state index in [-0.39, 0.29) is 5.82 Å². The number of hydrogen-bond acceptors (Lipinski definition) is 2. The van der Waals surface area contributed by atoms with Gasteiger partial charge in [0.25, 0.3) is 0 Å². The lowest BCUT2D eigenvalue weighted by molar-refractivity contribution is -0.201. The molecular formula is C7H13BO2. The molecule has 2 unspecified atom stereocenters. The highest BCUT2D eigenvalue weighted by Gasteiger charge is 2.34. The lowest BCUT2D eigenvalue weighted by Gasteiger charge is -2.36. The highest BCUT2D eigenvalue weighted by atomic mass is 16.6. The highest BCUT2D eigenvalue weighted by molar-refractivity contribution is 6.12. The maximum absolute atomic E-state index is 9.60. The van der Waals surface area contributed by atoms with E-state index in [9.17, 15) is 5.11 Å². The average molecular weight is 140 g/mol. The van der Waals surface area contributed by atoms with Gasteiger partial charge in [0, 0.05) is 13.5 Å². The molecule has 1 aliphatic rings. The third-order valence-corrected chi connectivity index (χ3v) is 2.23. The summed E-state index contributed by atoms with van der Waals surface area (Å²) in [5.74, 6) is -1.25. The van der Waals surface area contributed by atoms with Crippen molar-refractivity contribution in [2.75, 3.05) is 7.11 Å². The summed E-state index contributed by atoms with van der Waals surface area (Å²) in [6, 6.07) is 0. The van der Waals surface area contributed by atoms with Crippen molar-refractivity contribution in [1.29, 1.82) is 0 Å². The monoisotopic (exact) mass is 140 g/mol. The van der Waals surface area contributed by atoms with E-state index in [0.29, 0.717) is 6.42 Å². The van der Waals surface area contributed by atoms with Crippen molar-refractivity contribution in [3.63, 3.8) is 0 Å². The summed E-state index contributed by atoms with van der Waals surface area (Å²) in [5.41, 5.74) is 0. The Kier molecular flexibility index (Phi) is 2.37. The summed E-state index contributed by atoms with van der Waals surface area (Å²) in [6.45, 7) is 0. The number of hydrogen-bond donors (Lipinski definition) is 1.